The molecule has 0 saturated heterocycles. The first-order valence-corrected chi connectivity index (χ1v) is 4.97. The van der Waals surface area contributed by atoms with Gasteiger partial charge in [-0.2, -0.15) is 0 Å². The minimum atomic E-state index is -0.854. The zero-order valence-corrected chi connectivity index (χ0v) is 8.90. The van der Waals surface area contributed by atoms with Crippen molar-refractivity contribution in [1.82, 2.24) is 4.57 Å². The number of aliphatic carboxylic acids is 1. The predicted octanol–water partition coefficient (Wildman–Crippen LogP) is 2.94. The fourth-order valence-corrected chi connectivity index (χ4v) is 1.84. The van der Waals surface area contributed by atoms with Crippen LogP contribution in [0.25, 0.3) is 10.9 Å². The first kappa shape index (κ1) is 10.1. The molecule has 0 aliphatic heterocycles. The minimum absolute atomic E-state index is 0.582. The summed E-state index contributed by atoms with van der Waals surface area (Å²) in [6.07, 6.45) is 1.75. The molecular weight excluding hydrogens is 214 g/mol. The monoisotopic (exact) mass is 223 g/mol. The van der Waals surface area contributed by atoms with Gasteiger partial charge in [0, 0.05) is 16.6 Å². The summed E-state index contributed by atoms with van der Waals surface area (Å²) in [6.45, 7) is 1.64. The third-order valence-corrected chi connectivity index (χ3v) is 2.81. The number of nitrogens with zero attached hydrogens (tertiary/aromatic N) is 1. The van der Waals surface area contributed by atoms with E-state index >= 15 is 0 Å². The number of carbonyl (C=O) groups is 1. The zero-order chi connectivity index (χ0) is 11.0. The van der Waals surface area contributed by atoms with Crippen molar-refractivity contribution in [3.05, 3.63) is 35.5 Å². The molecule has 1 aromatic heterocycles. The highest BCUT2D eigenvalue weighted by Crippen LogP contribution is 2.26. The first-order chi connectivity index (χ1) is 7.11. The lowest BCUT2D eigenvalue weighted by Gasteiger charge is -2.10. The second-order valence-electron chi connectivity index (χ2n) is 3.41. The summed E-state index contributed by atoms with van der Waals surface area (Å²) in [4.78, 5) is 10.9. The van der Waals surface area contributed by atoms with Crippen LogP contribution in [0.15, 0.2) is 30.5 Å². The SMILES string of the molecule is C[C@@H](C(=O)O)n1ccc2c(Cl)cccc21. The quantitative estimate of drug-likeness (QED) is 0.851. The summed E-state index contributed by atoms with van der Waals surface area (Å²) >= 11 is 5.99. The van der Waals surface area contributed by atoms with Crippen LogP contribution in [0.2, 0.25) is 5.02 Å². The Kier molecular flexibility index (Phi) is 2.40. The molecule has 0 bridgehead atoms. The molecule has 1 atom stereocenters. The summed E-state index contributed by atoms with van der Waals surface area (Å²) in [5.74, 6) is -0.854. The van der Waals surface area contributed by atoms with Crippen LogP contribution < -0.4 is 0 Å². The molecule has 1 N–H and O–H groups in total. The van der Waals surface area contributed by atoms with Gasteiger partial charge in [0.15, 0.2) is 0 Å². The minimum Gasteiger partial charge on any atom is -0.480 e. The lowest BCUT2D eigenvalue weighted by atomic mass is 10.2. The van der Waals surface area contributed by atoms with E-state index in [-0.39, 0.29) is 0 Å². The number of halogens is 1. The Hall–Kier alpha value is -1.48. The highest BCUT2D eigenvalue weighted by atomic mass is 35.5. The van der Waals surface area contributed by atoms with Crippen LogP contribution in [0.4, 0.5) is 0 Å². The molecule has 15 heavy (non-hydrogen) atoms. The van der Waals surface area contributed by atoms with Gasteiger partial charge in [-0.15, -0.1) is 0 Å². The molecule has 2 rings (SSSR count). The molecule has 0 amide bonds. The zero-order valence-electron chi connectivity index (χ0n) is 8.14. The van der Waals surface area contributed by atoms with Gasteiger partial charge >= 0.3 is 5.97 Å². The van der Waals surface area contributed by atoms with Crippen molar-refractivity contribution in [3.8, 4) is 0 Å². The Morgan fingerprint density at radius 1 is 1.47 bits per heavy atom. The summed E-state index contributed by atoms with van der Waals surface area (Å²) in [5.41, 5.74) is 0.845. The van der Waals surface area contributed by atoms with Gasteiger partial charge in [-0.05, 0) is 25.1 Å². The van der Waals surface area contributed by atoms with E-state index in [2.05, 4.69) is 0 Å². The van der Waals surface area contributed by atoms with Gasteiger partial charge in [-0.25, -0.2) is 4.79 Å². The molecule has 1 aromatic carbocycles. The van der Waals surface area contributed by atoms with Gasteiger partial charge in [-0.3, -0.25) is 0 Å². The average molecular weight is 224 g/mol. The molecule has 0 unspecified atom stereocenters. The molecule has 0 radical (unpaired) electrons. The van der Waals surface area contributed by atoms with E-state index in [0.29, 0.717) is 5.02 Å². The Morgan fingerprint density at radius 2 is 2.20 bits per heavy atom. The van der Waals surface area contributed by atoms with Crippen molar-refractivity contribution >= 4 is 28.5 Å². The Morgan fingerprint density at radius 3 is 2.87 bits per heavy atom. The van der Waals surface area contributed by atoms with Crippen LogP contribution in [0.5, 0.6) is 0 Å². The number of hydrogen-bond acceptors (Lipinski definition) is 1. The molecule has 1 heterocycles. The predicted molar refractivity (Wildman–Crippen MR) is 59.3 cm³/mol. The van der Waals surface area contributed by atoms with E-state index in [1.165, 1.54) is 0 Å². The molecule has 2 aromatic rings. The van der Waals surface area contributed by atoms with Crippen molar-refractivity contribution in [2.24, 2.45) is 0 Å². The number of fused-ring (bicyclic) bond motifs is 1. The number of benzene rings is 1. The van der Waals surface area contributed by atoms with Crippen molar-refractivity contribution in [3.63, 3.8) is 0 Å². The number of rotatable bonds is 2. The highest BCUT2D eigenvalue weighted by Gasteiger charge is 2.15. The van der Waals surface area contributed by atoms with E-state index in [9.17, 15) is 4.79 Å². The van der Waals surface area contributed by atoms with Crippen LogP contribution in [-0.4, -0.2) is 15.6 Å². The van der Waals surface area contributed by atoms with Gasteiger partial charge in [0.05, 0.1) is 5.52 Å². The second-order valence-corrected chi connectivity index (χ2v) is 3.82. The molecule has 78 valence electrons. The number of carboxylic acids is 1. The maximum atomic E-state index is 10.9. The molecule has 0 aliphatic carbocycles. The number of hydrogen-bond donors (Lipinski definition) is 1. The molecule has 4 heteroatoms. The lowest BCUT2D eigenvalue weighted by Crippen LogP contribution is -2.14. The fraction of sp³-hybridized carbons (Fsp3) is 0.182. The largest absolute Gasteiger partial charge is 0.480 e. The van der Waals surface area contributed by atoms with Crippen LogP contribution in [-0.2, 0) is 4.79 Å². The summed E-state index contributed by atoms with van der Waals surface area (Å²) in [6, 6.07) is 6.72. The third-order valence-electron chi connectivity index (χ3n) is 2.48. The second kappa shape index (κ2) is 3.59. The van der Waals surface area contributed by atoms with E-state index in [4.69, 9.17) is 16.7 Å². The van der Waals surface area contributed by atoms with Crippen molar-refractivity contribution in [2.45, 2.75) is 13.0 Å². The molecule has 0 saturated carbocycles. The van der Waals surface area contributed by atoms with Crippen LogP contribution in [0, 0.1) is 0 Å². The van der Waals surface area contributed by atoms with Gasteiger partial charge < -0.3 is 9.67 Å². The molecule has 0 spiro atoms. The summed E-state index contributed by atoms with van der Waals surface area (Å²) in [5, 5.41) is 10.5. The third kappa shape index (κ3) is 1.59. The summed E-state index contributed by atoms with van der Waals surface area (Å²) < 4.78 is 1.70. The van der Waals surface area contributed by atoms with Gasteiger partial charge in [0.2, 0.25) is 0 Å². The Labute approximate surface area is 91.9 Å². The van der Waals surface area contributed by atoms with Crippen molar-refractivity contribution < 1.29 is 9.90 Å². The number of aromatic nitrogens is 1. The normalized spacial score (nSPS) is 12.9. The van der Waals surface area contributed by atoms with Gasteiger partial charge in [-0.1, -0.05) is 17.7 Å². The highest BCUT2D eigenvalue weighted by molar-refractivity contribution is 6.35. The molecule has 3 nitrogen and oxygen atoms in total. The standard InChI is InChI=1S/C11H10ClNO2/c1-7(11(14)15)13-6-5-8-9(12)3-2-4-10(8)13/h2-7H,1H3,(H,14,15)/t7-/m0/s1. The average Bonchev–Trinajstić information content (AvgIpc) is 2.61. The molecule has 0 fully saturated rings. The van der Waals surface area contributed by atoms with Crippen molar-refractivity contribution in [1.29, 1.82) is 0 Å². The Bertz CT molecular complexity index is 518. The van der Waals surface area contributed by atoms with Crippen LogP contribution >= 0.6 is 11.6 Å². The van der Waals surface area contributed by atoms with E-state index < -0.39 is 12.0 Å². The van der Waals surface area contributed by atoms with Gasteiger partial charge in [0.1, 0.15) is 6.04 Å². The Balaban J connectivity index is 2.64. The fourth-order valence-electron chi connectivity index (χ4n) is 1.61. The first-order valence-electron chi connectivity index (χ1n) is 4.59. The van der Waals surface area contributed by atoms with Gasteiger partial charge in [0.25, 0.3) is 0 Å². The van der Waals surface area contributed by atoms with Crippen LogP contribution in [0.3, 0.4) is 0 Å². The van der Waals surface area contributed by atoms with E-state index in [0.717, 1.165) is 10.9 Å². The van der Waals surface area contributed by atoms with Crippen LogP contribution in [0.1, 0.15) is 13.0 Å². The van der Waals surface area contributed by atoms with Crippen molar-refractivity contribution in [2.75, 3.05) is 0 Å². The topological polar surface area (TPSA) is 42.2 Å². The molecule has 0 aliphatic rings. The smallest absolute Gasteiger partial charge is 0.326 e. The lowest BCUT2D eigenvalue weighted by molar-refractivity contribution is -0.140. The van der Waals surface area contributed by atoms with E-state index in [1.807, 2.05) is 18.2 Å². The molecular formula is C11H10ClNO2. The number of carboxylic acid groups (broad SMARTS) is 1. The maximum Gasteiger partial charge on any atom is 0.326 e. The van der Waals surface area contributed by atoms with E-state index in [1.54, 1.807) is 23.8 Å². The maximum absolute atomic E-state index is 10.9. The summed E-state index contributed by atoms with van der Waals surface area (Å²) in [7, 11) is 0.